The number of aryl methyl sites for hydroxylation is 5. The normalized spacial score (nSPS) is 11.0. The lowest BCUT2D eigenvalue weighted by molar-refractivity contribution is 0.310. The Morgan fingerprint density at radius 1 is 0.277 bits per heavy atom. The minimum Gasteiger partial charge on any atom is -0.508 e. The third-order valence-corrected chi connectivity index (χ3v) is 20.6. The Bertz CT molecular complexity index is 6960. The number of aromatic hydroxyl groups is 1. The van der Waals surface area contributed by atoms with Crippen LogP contribution in [0.3, 0.4) is 0 Å². The number of fused-ring (bicyclic) bond motifs is 7. The van der Waals surface area contributed by atoms with Crippen molar-refractivity contribution in [2.24, 2.45) is 0 Å². The van der Waals surface area contributed by atoms with Gasteiger partial charge in [-0.1, -0.05) is 115 Å². The fourth-order valence-corrected chi connectivity index (χ4v) is 14.5. The van der Waals surface area contributed by atoms with E-state index in [-0.39, 0.29) is 57.0 Å². The number of phenols is 1. The number of aliphatic hydroxyl groups is 6. The molecule has 32 nitrogen and oxygen atoms in total. The lowest BCUT2D eigenvalue weighted by Crippen LogP contribution is -2.09. The zero-order chi connectivity index (χ0) is 95.8. The van der Waals surface area contributed by atoms with Gasteiger partial charge in [-0.15, -0.1) is 0 Å². The molecule has 0 aliphatic carbocycles. The van der Waals surface area contributed by atoms with Gasteiger partial charge < -0.3 is 104 Å². The maximum Gasteiger partial charge on any atom is 0.229 e. The maximum absolute atomic E-state index is 13.7. The summed E-state index contributed by atoms with van der Waals surface area (Å²) >= 11 is 0. The first-order valence-corrected chi connectivity index (χ1v) is 44.4. The molecule has 700 valence electrons. The number of hydrogen-bond acceptors (Lipinski definition) is 32. The van der Waals surface area contributed by atoms with Gasteiger partial charge in [-0.3, -0.25) is 0 Å². The smallest absolute Gasteiger partial charge is 0.229 e. The summed E-state index contributed by atoms with van der Waals surface area (Å²) < 4.78 is 32.8. The van der Waals surface area contributed by atoms with Crippen molar-refractivity contribution in [3.8, 4) is 11.5 Å². The van der Waals surface area contributed by atoms with Crippen LogP contribution in [0.2, 0.25) is 0 Å². The molecule has 18 aromatic rings. The van der Waals surface area contributed by atoms with Crippen molar-refractivity contribution in [3.63, 3.8) is 0 Å². The zero-order valence-corrected chi connectivity index (χ0v) is 76.0. The molecule has 0 atom stereocenters. The van der Waals surface area contributed by atoms with Gasteiger partial charge in [-0.05, 0) is 208 Å². The average Bonchev–Trinajstić information content (AvgIpc) is 1.80. The fraction of sp³-hybridized carbons (Fsp3) is 0.184. The first kappa shape index (κ1) is 96.6. The molecule has 19 N–H and O–H groups in total. The van der Waals surface area contributed by atoms with Crippen LogP contribution in [0.4, 0.5) is 114 Å². The van der Waals surface area contributed by atoms with E-state index in [9.17, 15) is 13.9 Å². The molecule has 1 aliphatic heterocycles. The second kappa shape index (κ2) is 48.2. The molecular formula is C103H106F2N24O8. The molecule has 19 rings (SSSR count). The number of halogens is 2. The molecule has 0 radical (unpaired) electrons. The monoisotopic (exact) mass is 1840 g/mol. The van der Waals surface area contributed by atoms with Crippen LogP contribution in [0.15, 0.2) is 267 Å². The van der Waals surface area contributed by atoms with Crippen molar-refractivity contribution < 1.29 is 49.3 Å². The molecule has 1 aliphatic rings. The predicted molar refractivity (Wildman–Crippen MR) is 543 cm³/mol. The van der Waals surface area contributed by atoms with E-state index in [2.05, 4.69) is 187 Å². The highest BCUT2D eigenvalue weighted by atomic mass is 19.1. The van der Waals surface area contributed by atoms with E-state index < -0.39 is 0 Å². The Morgan fingerprint density at radius 3 is 0.971 bits per heavy atom. The summed E-state index contributed by atoms with van der Waals surface area (Å²) in [4.78, 5) is 53.9. The highest BCUT2D eigenvalue weighted by molar-refractivity contribution is 5.95. The number of nitrogens with zero attached hydrogens (tertiary/aromatic N) is 12. The van der Waals surface area contributed by atoms with E-state index in [1.54, 1.807) is 36.4 Å². The Labute approximate surface area is 788 Å². The van der Waals surface area contributed by atoms with Gasteiger partial charge in [0.1, 0.15) is 58.0 Å². The van der Waals surface area contributed by atoms with Gasteiger partial charge in [-0.2, -0.15) is 29.9 Å². The van der Waals surface area contributed by atoms with Crippen molar-refractivity contribution in [2.75, 3.05) is 149 Å². The molecule has 12 aromatic carbocycles. The average molecular weight is 1850 g/mol. The van der Waals surface area contributed by atoms with Crippen LogP contribution in [-0.4, -0.2) is 181 Å². The van der Waals surface area contributed by atoms with Crippen LogP contribution >= 0.6 is 0 Å². The molecule has 0 bridgehead atoms. The Kier molecular flexibility index (Phi) is 34.0. The number of rotatable bonds is 30. The molecule has 0 spiro atoms. The van der Waals surface area contributed by atoms with E-state index in [4.69, 9.17) is 35.4 Å². The lowest BCUT2D eigenvalue weighted by Gasteiger charge is -2.13. The van der Waals surface area contributed by atoms with Gasteiger partial charge in [0.15, 0.2) is 0 Å². The number of para-hydroxylation sites is 7. The zero-order valence-electron chi connectivity index (χ0n) is 76.0. The van der Waals surface area contributed by atoms with Gasteiger partial charge in [0.2, 0.25) is 35.7 Å². The number of hydrogen-bond donors (Lipinski definition) is 19. The minimum atomic E-state index is -0.371. The number of nitrogens with one attached hydrogen (secondary N) is 12. The molecule has 34 heteroatoms. The molecular weight excluding hydrogens is 1740 g/mol. The van der Waals surface area contributed by atoms with Crippen molar-refractivity contribution in [1.29, 1.82) is 0 Å². The predicted octanol–water partition coefficient (Wildman–Crippen LogP) is 18.1. The highest BCUT2D eigenvalue weighted by Gasteiger charge is 2.18. The summed E-state index contributed by atoms with van der Waals surface area (Å²) in [5.41, 5.74) is 16.0. The summed E-state index contributed by atoms with van der Waals surface area (Å²) in [7, 11) is 0. The Balaban J connectivity index is 0.000000131. The summed E-state index contributed by atoms with van der Waals surface area (Å²) in [6.45, 7) is 13.5. The molecule has 0 unspecified atom stereocenters. The number of anilines is 18. The summed E-state index contributed by atoms with van der Waals surface area (Å²) in [6, 6.07) is 82.5. The second-order valence-corrected chi connectivity index (χ2v) is 31.3. The number of aromatic nitrogens is 12. The molecule has 6 aromatic heterocycles. The first-order chi connectivity index (χ1) is 66.8. The van der Waals surface area contributed by atoms with Crippen LogP contribution in [0.5, 0.6) is 11.5 Å². The number of phenolic OH excluding ortho intramolecular Hbond substituents is 1. The lowest BCUT2D eigenvalue weighted by atomic mass is 10.1. The van der Waals surface area contributed by atoms with Crippen molar-refractivity contribution in [2.45, 2.75) is 41.0 Å². The Morgan fingerprint density at radius 2 is 0.606 bits per heavy atom. The molecule has 0 saturated heterocycles. The van der Waals surface area contributed by atoms with Crippen molar-refractivity contribution in [1.82, 2.24) is 59.8 Å². The van der Waals surface area contributed by atoms with E-state index in [0.717, 1.165) is 124 Å². The van der Waals surface area contributed by atoms with Crippen molar-refractivity contribution in [3.05, 3.63) is 312 Å². The maximum atomic E-state index is 13.7. The molecule has 0 fully saturated rings. The molecule has 0 amide bonds. The van der Waals surface area contributed by atoms with Crippen LogP contribution in [0, 0.1) is 46.3 Å². The summed E-state index contributed by atoms with van der Waals surface area (Å²) in [6.07, 6.45) is 0.956. The molecule has 137 heavy (non-hydrogen) atoms. The molecule has 7 heterocycles. The number of ether oxygens (including phenoxy) is 1. The summed E-state index contributed by atoms with van der Waals surface area (Å²) in [5.74, 6) is 7.09. The third kappa shape index (κ3) is 27.2. The van der Waals surface area contributed by atoms with E-state index in [0.29, 0.717) is 115 Å². The van der Waals surface area contributed by atoms with Gasteiger partial charge in [-0.25, -0.2) is 38.7 Å². The van der Waals surface area contributed by atoms with Gasteiger partial charge in [0, 0.05) is 119 Å². The minimum absolute atomic E-state index is 0.00415. The fourth-order valence-electron chi connectivity index (χ4n) is 14.5. The number of benzene rings is 12. The van der Waals surface area contributed by atoms with Gasteiger partial charge >= 0.3 is 0 Å². The van der Waals surface area contributed by atoms with Crippen LogP contribution in [0.1, 0.15) is 33.4 Å². The van der Waals surface area contributed by atoms with E-state index >= 15 is 0 Å². The first-order valence-electron chi connectivity index (χ1n) is 44.4. The SMILES string of the molecule is Cc1cc(C)cc(Nc2nc(NCCO)c3ccccc3n2)c1.Cc1cc(F)cc(Nc2nc(NCCO)c3ccccc3n2)c1.Cc1ccc(C)c(Nc2nc(NCCO)c3ccccc3n2)c1.OCCNc1nc(Nc2ccc3c(c2)OCC3)nc2ccccc12.OCCNc1nc(Nc2cccc(O)c2)nc2ccccc12.OCCNc1nc(Nc2ccccc2F)nc2ccccc12. The molecule has 0 saturated carbocycles. The third-order valence-electron chi connectivity index (χ3n) is 20.6. The standard InChI is InChI=1S/C18H18N4O2.2C18H20N4O.C17H17FN4O.C16H15FN4O.C16H16N4O2/c23-9-8-19-17-14-3-1-2-4-15(14)21-18(22-17)20-13-6-5-12-7-10-24-16(12)11-13;1-12-9-13(2)11-14(10-12)20-18-21-16-6-4-3-5-15(16)17(22-18)19-7-8-23;1-12-7-8-13(2)16(11-12)21-18-20-15-6-4-3-5-14(15)17(22-18)19-9-10-23;1-11-8-12(18)10-13(9-11)20-17-21-15-5-3-2-4-14(15)16(22-17)19-6-7-23;17-12-6-2-4-8-14(12)20-16-19-13-7-3-1-5-11(13)15(21-16)18-9-10-22;21-9-8-17-15-13-6-1-2-7-14(13)19-16(20-15)18-11-4-3-5-12(22)10-11/h1-6,11,23H,7-10H2,(H2,19,20,21,22);3-6,9-11,23H,7-8H2,1-2H3,(H2,19,20,21,22);3-8,11,23H,9-10H2,1-2H3,(H2,19,20,21,22);2-5,8-10,23H,6-7H2,1H3,(H2,19,20,21,22);1-8,22H,9-10H2,(H2,18,19,20,21);1-7,10,21-22H,8-9H2,(H2,17,18,19,20). The topological polar surface area (TPSA) is 450 Å². The largest absolute Gasteiger partial charge is 0.508 e. The highest BCUT2D eigenvalue weighted by Crippen LogP contribution is 2.35. The summed E-state index contributed by atoms with van der Waals surface area (Å²) in [5, 5.41) is 106. The van der Waals surface area contributed by atoms with Gasteiger partial charge in [0.25, 0.3) is 0 Å². The van der Waals surface area contributed by atoms with Crippen molar-refractivity contribution >= 4 is 170 Å². The van der Waals surface area contributed by atoms with Crippen LogP contribution < -0.4 is 68.5 Å². The Hall–Kier alpha value is -16.5. The van der Waals surface area contributed by atoms with Crippen LogP contribution in [-0.2, 0) is 6.42 Å². The second-order valence-electron chi connectivity index (χ2n) is 31.3. The van der Waals surface area contributed by atoms with Crippen LogP contribution in [0.25, 0.3) is 65.4 Å². The van der Waals surface area contributed by atoms with E-state index in [1.807, 2.05) is 184 Å². The number of aliphatic hydroxyl groups excluding tert-OH is 6. The quantitative estimate of drug-likeness (QED) is 0.0199. The van der Waals surface area contributed by atoms with Gasteiger partial charge in [0.05, 0.1) is 85.0 Å². The van der Waals surface area contributed by atoms with E-state index in [1.165, 1.54) is 40.5 Å².